The summed E-state index contributed by atoms with van der Waals surface area (Å²) in [7, 11) is 4.70. The third-order valence-electron chi connectivity index (χ3n) is 6.13. The smallest absolute Gasteiger partial charge is 0.338 e. The first-order chi connectivity index (χ1) is 18.5. The summed E-state index contributed by atoms with van der Waals surface area (Å²) < 4.78 is 22.1. The number of fused-ring (bicyclic) bond motifs is 1. The van der Waals surface area contributed by atoms with Crippen LogP contribution in [0.3, 0.4) is 0 Å². The summed E-state index contributed by atoms with van der Waals surface area (Å²) in [6.07, 6.45) is 0.101. The van der Waals surface area contributed by atoms with Gasteiger partial charge >= 0.3 is 5.97 Å². The van der Waals surface area contributed by atoms with E-state index in [2.05, 4.69) is 5.32 Å². The van der Waals surface area contributed by atoms with Gasteiger partial charge in [-0.1, -0.05) is 54.2 Å². The Morgan fingerprint density at radius 1 is 1.05 bits per heavy atom. The average molecular weight is 538 g/mol. The minimum Gasteiger partial charge on any atom is -0.493 e. The van der Waals surface area contributed by atoms with Crippen molar-refractivity contribution in [3.63, 3.8) is 0 Å². The van der Waals surface area contributed by atoms with Gasteiger partial charge in [0.15, 0.2) is 16.7 Å². The lowest BCUT2D eigenvalue weighted by atomic mass is 9.92. The number of carbonyl (C=O) groups is 2. The van der Waals surface area contributed by atoms with Gasteiger partial charge < -0.3 is 29.2 Å². The van der Waals surface area contributed by atoms with Crippen molar-refractivity contribution in [3.05, 3.63) is 82.0 Å². The quantitative estimate of drug-likeness (QED) is 0.337. The van der Waals surface area contributed by atoms with E-state index in [0.29, 0.717) is 52.3 Å². The average Bonchev–Trinajstić information content (AvgIpc) is 3.32. The van der Waals surface area contributed by atoms with Crippen molar-refractivity contribution in [1.29, 1.82) is 0 Å². The van der Waals surface area contributed by atoms with E-state index < -0.39 is 12.0 Å². The number of esters is 1. The number of nitrogens with one attached hydrogen (secondary N) is 1. The summed E-state index contributed by atoms with van der Waals surface area (Å²) in [6, 6.07) is 14.4. The Morgan fingerprint density at radius 3 is 2.55 bits per heavy atom. The number of allylic oxidation sites excluding steroid dienone is 1. The maximum absolute atomic E-state index is 13.6. The predicted molar refractivity (Wildman–Crippen MR) is 146 cm³/mol. The molecular formula is C28H31N3O6S. The second kappa shape index (κ2) is 12.7. The van der Waals surface area contributed by atoms with E-state index in [9.17, 15) is 9.59 Å². The molecule has 2 aliphatic heterocycles. The molecule has 38 heavy (non-hydrogen) atoms. The van der Waals surface area contributed by atoms with Gasteiger partial charge in [-0.05, 0) is 24.0 Å². The molecule has 10 heteroatoms. The topological polar surface area (TPSA) is 98.7 Å². The first-order valence-electron chi connectivity index (χ1n) is 12.1. The second-order valence-corrected chi connectivity index (χ2v) is 9.39. The number of methoxy groups -OCH3 is 3. The number of ether oxygens (including phenoxy) is 4. The standard InChI is InChI=1S/C28H31N3O6S/c1-18-24(27(33)37-16-19-9-6-5-7-10-19)25(21-11-8-12-22(35-3)26(21)36-4)31-20(17-38-28(31)30-18)15-23(32)29-13-14-34-2/h5-12,17,25H,13-16H2,1-4H3,(H,29,32). The van der Waals surface area contributed by atoms with Gasteiger partial charge in [-0.25, -0.2) is 9.79 Å². The van der Waals surface area contributed by atoms with Crippen LogP contribution in [0.4, 0.5) is 0 Å². The number of rotatable bonds is 11. The van der Waals surface area contributed by atoms with E-state index in [4.69, 9.17) is 23.9 Å². The zero-order valence-corrected chi connectivity index (χ0v) is 22.7. The van der Waals surface area contributed by atoms with Crippen LogP contribution >= 0.6 is 11.8 Å². The van der Waals surface area contributed by atoms with Gasteiger partial charge in [0, 0.05) is 24.9 Å². The Hall–Kier alpha value is -3.76. The van der Waals surface area contributed by atoms with Crippen LogP contribution in [-0.4, -0.2) is 56.4 Å². The van der Waals surface area contributed by atoms with Crippen LogP contribution in [0.25, 0.3) is 0 Å². The summed E-state index contributed by atoms with van der Waals surface area (Å²) in [5.74, 6) is 0.359. The minimum atomic E-state index is -0.649. The third kappa shape index (κ3) is 5.87. The molecule has 2 aliphatic rings. The Morgan fingerprint density at radius 2 is 1.84 bits per heavy atom. The summed E-state index contributed by atoms with van der Waals surface area (Å²) in [5.41, 5.74) is 3.18. The van der Waals surface area contributed by atoms with E-state index in [1.807, 2.05) is 52.8 Å². The molecule has 0 aromatic heterocycles. The molecule has 200 valence electrons. The second-order valence-electron chi connectivity index (χ2n) is 8.56. The van der Waals surface area contributed by atoms with Crippen LogP contribution in [0.1, 0.15) is 30.5 Å². The zero-order chi connectivity index (χ0) is 27.1. The van der Waals surface area contributed by atoms with Crippen molar-refractivity contribution in [3.8, 4) is 11.5 Å². The fourth-order valence-corrected chi connectivity index (χ4v) is 5.34. The number of amides is 1. The Balaban J connectivity index is 1.72. The molecule has 1 atom stereocenters. The molecule has 0 saturated heterocycles. The molecule has 4 rings (SSSR count). The highest BCUT2D eigenvalue weighted by Crippen LogP contribution is 2.48. The van der Waals surface area contributed by atoms with Crippen LogP contribution in [0.2, 0.25) is 0 Å². The minimum absolute atomic E-state index is 0.101. The molecule has 0 aliphatic carbocycles. The highest BCUT2D eigenvalue weighted by molar-refractivity contribution is 8.16. The van der Waals surface area contributed by atoms with Gasteiger partial charge in [-0.2, -0.15) is 0 Å². The first kappa shape index (κ1) is 27.3. The molecule has 1 N–H and O–H groups in total. The fraction of sp³-hybridized carbons (Fsp3) is 0.321. The van der Waals surface area contributed by atoms with Crippen molar-refractivity contribution in [2.24, 2.45) is 4.99 Å². The van der Waals surface area contributed by atoms with Gasteiger partial charge in [0.1, 0.15) is 6.61 Å². The van der Waals surface area contributed by atoms with Crippen molar-refractivity contribution in [2.45, 2.75) is 26.0 Å². The highest BCUT2D eigenvalue weighted by atomic mass is 32.2. The van der Waals surface area contributed by atoms with E-state index in [-0.39, 0.29) is 18.9 Å². The maximum Gasteiger partial charge on any atom is 0.338 e. The SMILES string of the molecule is COCCNC(=O)CC1=CSC2=NC(C)=C(C(=O)OCc3ccccc3)C(c3cccc(OC)c3OC)N12. The lowest BCUT2D eigenvalue weighted by molar-refractivity contribution is -0.141. The zero-order valence-electron chi connectivity index (χ0n) is 21.9. The van der Waals surface area contributed by atoms with Crippen molar-refractivity contribution >= 4 is 28.8 Å². The van der Waals surface area contributed by atoms with Gasteiger partial charge in [0.2, 0.25) is 5.91 Å². The molecule has 0 bridgehead atoms. The molecule has 0 spiro atoms. The van der Waals surface area contributed by atoms with Crippen LogP contribution in [0, 0.1) is 0 Å². The molecule has 9 nitrogen and oxygen atoms in total. The summed E-state index contributed by atoms with van der Waals surface area (Å²) in [4.78, 5) is 33.0. The van der Waals surface area contributed by atoms with Gasteiger partial charge in [0.25, 0.3) is 0 Å². The Kier molecular flexibility index (Phi) is 9.09. The summed E-state index contributed by atoms with van der Waals surface area (Å²) in [6.45, 7) is 2.73. The number of amidine groups is 1. The van der Waals surface area contributed by atoms with Crippen LogP contribution in [0.15, 0.2) is 75.9 Å². The van der Waals surface area contributed by atoms with Crippen LogP contribution < -0.4 is 14.8 Å². The monoisotopic (exact) mass is 537 g/mol. The van der Waals surface area contributed by atoms with Gasteiger partial charge in [-0.3, -0.25) is 4.79 Å². The number of aliphatic imine (C=N–C) groups is 1. The Labute approximate surface area is 226 Å². The first-order valence-corrected chi connectivity index (χ1v) is 13.0. The van der Waals surface area contributed by atoms with E-state index >= 15 is 0 Å². The molecule has 0 radical (unpaired) electrons. The molecule has 0 saturated carbocycles. The number of benzene rings is 2. The Bertz CT molecular complexity index is 1270. The maximum atomic E-state index is 13.6. The van der Waals surface area contributed by atoms with Gasteiger partial charge in [0.05, 0.1) is 44.6 Å². The summed E-state index contributed by atoms with van der Waals surface area (Å²) >= 11 is 1.41. The van der Waals surface area contributed by atoms with Crippen LogP contribution in [-0.2, 0) is 25.7 Å². The molecule has 2 aromatic rings. The number of thioether (sulfide) groups is 1. The molecule has 1 unspecified atom stereocenters. The normalized spacial score (nSPS) is 16.4. The lowest BCUT2D eigenvalue weighted by Crippen LogP contribution is -2.38. The third-order valence-corrected chi connectivity index (χ3v) is 7.02. The van der Waals surface area contributed by atoms with Crippen molar-refractivity contribution < 1.29 is 28.5 Å². The fourth-order valence-electron chi connectivity index (χ4n) is 4.37. The highest BCUT2D eigenvalue weighted by Gasteiger charge is 2.42. The van der Waals surface area contributed by atoms with Crippen molar-refractivity contribution in [2.75, 3.05) is 34.5 Å². The molecule has 2 aromatic carbocycles. The van der Waals surface area contributed by atoms with E-state index in [1.54, 1.807) is 34.3 Å². The number of hydrogen-bond acceptors (Lipinski definition) is 9. The van der Waals surface area contributed by atoms with E-state index in [1.165, 1.54) is 11.8 Å². The molecule has 2 heterocycles. The van der Waals surface area contributed by atoms with Crippen LogP contribution in [0.5, 0.6) is 11.5 Å². The molecule has 1 amide bonds. The van der Waals surface area contributed by atoms with E-state index in [0.717, 1.165) is 5.56 Å². The molecule has 0 fully saturated rings. The molecular weight excluding hydrogens is 506 g/mol. The van der Waals surface area contributed by atoms with Crippen molar-refractivity contribution in [1.82, 2.24) is 10.2 Å². The lowest BCUT2D eigenvalue weighted by Gasteiger charge is -2.37. The van der Waals surface area contributed by atoms with Gasteiger partial charge in [-0.15, -0.1) is 0 Å². The largest absolute Gasteiger partial charge is 0.493 e. The number of para-hydroxylation sites is 1. The predicted octanol–water partition coefficient (Wildman–Crippen LogP) is 4.17. The number of nitrogens with zero attached hydrogens (tertiary/aromatic N) is 2. The number of hydrogen-bond donors (Lipinski definition) is 1. The summed E-state index contributed by atoms with van der Waals surface area (Å²) in [5, 5.41) is 5.41. The number of carbonyl (C=O) groups excluding carboxylic acids is 2.